The minimum atomic E-state index is -0.347. The van der Waals surface area contributed by atoms with Crippen molar-refractivity contribution in [3.8, 4) is 0 Å². The number of nitrogens with one attached hydrogen (secondary N) is 2. The molecule has 0 saturated heterocycles. The second kappa shape index (κ2) is 6.89. The molecule has 0 bridgehead atoms. The SMILES string of the molecule is Cn1ccc(C(=O)Nc2cccc(NC(=O)c3nn(C)cc3Br)c2)n1. The summed E-state index contributed by atoms with van der Waals surface area (Å²) in [6, 6.07) is 8.48. The Morgan fingerprint density at radius 1 is 1.00 bits per heavy atom. The van der Waals surface area contributed by atoms with Gasteiger partial charge >= 0.3 is 0 Å². The zero-order valence-corrected chi connectivity index (χ0v) is 15.1. The molecule has 2 N–H and O–H groups in total. The molecule has 2 heterocycles. The van der Waals surface area contributed by atoms with Crippen molar-refractivity contribution < 1.29 is 9.59 Å². The van der Waals surface area contributed by atoms with Crippen LogP contribution in [0.15, 0.2) is 47.2 Å². The summed E-state index contributed by atoms with van der Waals surface area (Å²) in [5.74, 6) is -0.669. The van der Waals surface area contributed by atoms with Crippen LogP contribution in [0, 0.1) is 0 Å². The molecular formula is C16H15BrN6O2. The molecule has 1 aromatic carbocycles. The van der Waals surface area contributed by atoms with Gasteiger partial charge in [0.05, 0.1) is 4.47 Å². The molecule has 25 heavy (non-hydrogen) atoms. The molecule has 3 rings (SSSR count). The number of nitrogens with zero attached hydrogens (tertiary/aromatic N) is 4. The second-order valence-electron chi connectivity index (χ2n) is 5.36. The smallest absolute Gasteiger partial charge is 0.277 e. The van der Waals surface area contributed by atoms with Gasteiger partial charge in [0.15, 0.2) is 11.4 Å². The Morgan fingerprint density at radius 2 is 1.68 bits per heavy atom. The van der Waals surface area contributed by atoms with Crippen molar-refractivity contribution in [2.45, 2.75) is 0 Å². The van der Waals surface area contributed by atoms with E-state index >= 15 is 0 Å². The second-order valence-corrected chi connectivity index (χ2v) is 6.22. The number of aryl methyl sites for hydroxylation is 2. The average molecular weight is 403 g/mol. The lowest BCUT2D eigenvalue weighted by atomic mass is 10.2. The molecule has 0 radical (unpaired) electrons. The molecule has 9 heteroatoms. The highest BCUT2D eigenvalue weighted by Crippen LogP contribution is 2.19. The van der Waals surface area contributed by atoms with E-state index in [1.54, 1.807) is 66.2 Å². The normalized spacial score (nSPS) is 10.5. The van der Waals surface area contributed by atoms with Crippen molar-refractivity contribution in [1.29, 1.82) is 0 Å². The number of rotatable bonds is 4. The zero-order valence-electron chi connectivity index (χ0n) is 13.5. The number of hydrogen-bond acceptors (Lipinski definition) is 4. The lowest BCUT2D eigenvalue weighted by Gasteiger charge is -2.07. The number of halogens is 1. The van der Waals surface area contributed by atoms with Crippen molar-refractivity contribution in [2.24, 2.45) is 14.1 Å². The minimum absolute atomic E-state index is 0.283. The van der Waals surface area contributed by atoms with Gasteiger partial charge in [0.2, 0.25) is 0 Å². The number of amides is 2. The van der Waals surface area contributed by atoms with Crippen LogP contribution < -0.4 is 10.6 Å². The Labute approximate surface area is 152 Å². The molecule has 8 nitrogen and oxygen atoms in total. The van der Waals surface area contributed by atoms with E-state index in [9.17, 15) is 9.59 Å². The van der Waals surface area contributed by atoms with Gasteiger partial charge in [0.1, 0.15) is 0 Å². The van der Waals surface area contributed by atoms with Gasteiger partial charge in [-0.3, -0.25) is 19.0 Å². The summed E-state index contributed by atoms with van der Waals surface area (Å²) in [6.45, 7) is 0. The van der Waals surface area contributed by atoms with Crippen LogP contribution in [0.1, 0.15) is 21.0 Å². The molecule has 0 aliphatic carbocycles. The molecule has 0 aliphatic heterocycles. The maximum absolute atomic E-state index is 12.3. The van der Waals surface area contributed by atoms with E-state index in [-0.39, 0.29) is 17.5 Å². The van der Waals surface area contributed by atoms with E-state index < -0.39 is 0 Å². The van der Waals surface area contributed by atoms with Crippen molar-refractivity contribution in [2.75, 3.05) is 10.6 Å². The Balaban J connectivity index is 1.72. The number of anilines is 2. The predicted molar refractivity (Wildman–Crippen MR) is 96.5 cm³/mol. The fraction of sp³-hybridized carbons (Fsp3) is 0.125. The van der Waals surface area contributed by atoms with E-state index in [2.05, 4.69) is 36.8 Å². The van der Waals surface area contributed by atoms with Crippen molar-refractivity contribution >= 4 is 39.1 Å². The van der Waals surface area contributed by atoms with Crippen LogP contribution in [0.4, 0.5) is 11.4 Å². The molecule has 2 amide bonds. The zero-order chi connectivity index (χ0) is 18.0. The summed E-state index contributed by atoms with van der Waals surface area (Å²) in [4.78, 5) is 24.4. The Bertz CT molecular complexity index is 946. The molecule has 3 aromatic rings. The molecule has 0 unspecified atom stereocenters. The van der Waals surface area contributed by atoms with Crippen molar-refractivity contribution in [3.63, 3.8) is 0 Å². The van der Waals surface area contributed by atoms with E-state index in [0.717, 1.165) is 0 Å². The molecule has 0 fully saturated rings. The van der Waals surface area contributed by atoms with E-state index in [1.165, 1.54) is 0 Å². The summed E-state index contributed by atoms with van der Waals surface area (Å²) in [6.07, 6.45) is 3.38. The van der Waals surface area contributed by atoms with E-state index in [0.29, 0.717) is 21.5 Å². The number of aromatic nitrogens is 4. The van der Waals surface area contributed by atoms with Crippen LogP contribution in [-0.4, -0.2) is 31.4 Å². The number of hydrogen-bond donors (Lipinski definition) is 2. The Kier molecular flexibility index (Phi) is 4.66. The summed E-state index contributed by atoms with van der Waals surface area (Å²) in [5.41, 5.74) is 1.69. The third kappa shape index (κ3) is 3.94. The van der Waals surface area contributed by atoms with Gasteiger partial charge in [0.25, 0.3) is 11.8 Å². The lowest BCUT2D eigenvalue weighted by Crippen LogP contribution is -2.15. The third-order valence-electron chi connectivity index (χ3n) is 3.32. The van der Waals surface area contributed by atoms with E-state index in [4.69, 9.17) is 0 Å². The first-order valence-corrected chi connectivity index (χ1v) is 8.13. The van der Waals surface area contributed by atoms with Crippen LogP contribution in [0.2, 0.25) is 0 Å². The largest absolute Gasteiger partial charge is 0.321 e. The topological polar surface area (TPSA) is 93.8 Å². The first-order valence-electron chi connectivity index (χ1n) is 7.34. The standard InChI is InChI=1S/C16H15BrN6O2/c1-22-7-6-13(20-22)15(24)18-10-4-3-5-11(8-10)19-16(25)14-12(17)9-23(2)21-14/h3-9H,1-2H3,(H,18,24)(H,19,25). The number of carbonyl (C=O) groups is 2. The fourth-order valence-electron chi connectivity index (χ4n) is 2.21. The van der Waals surface area contributed by atoms with Gasteiger partial charge in [-0.25, -0.2) is 0 Å². The Morgan fingerprint density at radius 3 is 2.24 bits per heavy atom. The van der Waals surface area contributed by atoms with Crippen LogP contribution in [0.3, 0.4) is 0 Å². The van der Waals surface area contributed by atoms with Gasteiger partial charge in [-0.2, -0.15) is 10.2 Å². The predicted octanol–water partition coefficient (Wildman–Crippen LogP) is 2.42. The van der Waals surface area contributed by atoms with Gasteiger partial charge in [0, 0.05) is 37.9 Å². The first kappa shape index (κ1) is 16.9. The quantitative estimate of drug-likeness (QED) is 0.700. The molecule has 128 valence electrons. The molecule has 0 aliphatic rings. The third-order valence-corrected chi connectivity index (χ3v) is 3.90. The number of carbonyl (C=O) groups excluding carboxylic acids is 2. The maximum Gasteiger partial charge on any atom is 0.277 e. The van der Waals surface area contributed by atoms with Gasteiger partial charge in [-0.1, -0.05) is 6.07 Å². The molecular weight excluding hydrogens is 388 g/mol. The van der Waals surface area contributed by atoms with Gasteiger partial charge in [-0.05, 0) is 40.2 Å². The van der Waals surface area contributed by atoms with Crippen LogP contribution in [-0.2, 0) is 14.1 Å². The molecule has 0 saturated carbocycles. The molecule has 0 spiro atoms. The van der Waals surface area contributed by atoms with Crippen LogP contribution in [0.5, 0.6) is 0 Å². The maximum atomic E-state index is 12.3. The van der Waals surface area contributed by atoms with Gasteiger partial charge in [-0.15, -0.1) is 0 Å². The fourth-order valence-corrected chi connectivity index (χ4v) is 2.77. The van der Waals surface area contributed by atoms with Crippen LogP contribution >= 0.6 is 15.9 Å². The molecule has 0 atom stereocenters. The number of benzene rings is 1. The highest BCUT2D eigenvalue weighted by molar-refractivity contribution is 9.10. The summed E-state index contributed by atoms with van der Waals surface area (Å²) < 4.78 is 3.70. The monoisotopic (exact) mass is 402 g/mol. The molecule has 2 aromatic heterocycles. The lowest BCUT2D eigenvalue weighted by molar-refractivity contribution is 0.101. The minimum Gasteiger partial charge on any atom is -0.321 e. The first-order chi connectivity index (χ1) is 11.9. The van der Waals surface area contributed by atoms with Crippen LogP contribution in [0.25, 0.3) is 0 Å². The van der Waals surface area contributed by atoms with Gasteiger partial charge < -0.3 is 10.6 Å². The summed E-state index contributed by atoms with van der Waals surface area (Å²) in [7, 11) is 3.47. The van der Waals surface area contributed by atoms with E-state index in [1.807, 2.05) is 0 Å². The highest BCUT2D eigenvalue weighted by atomic mass is 79.9. The summed E-state index contributed by atoms with van der Waals surface area (Å²) >= 11 is 3.30. The van der Waals surface area contributed by atoms with Crippen molar-refractivity contribution in [1.82, 2.24) is 19.6 Å². The summed E-state index contributed by atoms with van der Waals surface area (Å²) in [5, 5.41) is 13.6. The average Bonchev–Trinajstić information content (AvgIpc) is 3.13. The Hall–Kier alpha value is -2.94. The highest BCUT2D eigenvalue weighted by Gasteiger charge is 2.15. The van der Waals surface area contributed by atoms with Crippen molar-refractivity contribution in [3.05, 3.63) is 58.6 Å².